The van der Waals surface area contributed by atoms with Crippen LogP contribution in [0.4, 0.5) is 11.4 Å². The highest BCUT2D eigenvalue weighted by Crippen LogP contribution is 2.41. The molecule has 1 unspecified atom stereocenters. The lowest BCUT2D eigenvalue weighted by molar-refractivity contribution is 0.364. The van der Waals surface area contributed by atoms with Crippen molar-refractivity contribution in [2.45, 2.75) is 19.3 Å². The Morgan fingerprint density at radius 1 is 1.50 bits per heavy atom. The molecule has 1 aromatic carbocycles. The van der Waals surface area contributed by atoms with Crippen LogP contribution in [-0.4, -0.2) is 15.6 Å². The van der Waals surface area contributed by atoms with E-state index in [0.29, 0.717) is 17.9 Å². The molecule has 16 heavy (non-hydrogen) atoms. The zero-order valence-corrected chi connectivity index (χ0v) is 9.82. The maximum absolute atomic E-state index is 10.9. The Hall–Kier alpha value is -1.07. The summed E-state index contributed by atoms with van der Waals surface area (Å²) in [5.74, 6) is -0.974. The molecule has 7 heteroatoms. The molecule has 0 bridgehead atoms. The van der Waals surface area contributed by atoms with Crippen molar-refractivity contribution in [2.75, 3.05) is 11.1 Å². The Morgan fingerprint density at radius 3 is 2.56 bits per heavy atom. The number of hydrogen-bond acceptors (Lipinski definition) is 4. The van der Waals surface area contributed by atoms with Crippen LogP contribution < -0.4 is 16.8 Å². The van der Waals surface area contributed by atoms with Gasteiger partial charge in [0.25, 0.3) is 0 Å². The van der Waals surface area contributed by atoms with Crippen LogP contribution in [0.2, 0.25) is 0 Å². The van der Waals surface area contributed by atoms with Crippen molar-refractivity contribution >= 4 is 19.0 Å². The zero-order valence-electron chi connectivity index (χ0n) is 8.92. The predicted octanol–water partition coefficient (Wildman–Crippen LogP) is 0.663. The highest BCUT2D eigenvalue weighted by Gasteiger charge is 2.23. The van der Waals surface area contributed by atoms with Gasteiger partial charge >= 0.3 is 7.60 Å². The average molecular weight is 245 g/mol. The van der Waals surface area contributed by atoms with Gasteiger partial charge in [-0.1, -0.05) is 6.07 Å². The number of anilines is 2. The molecule has 0 aliphatic heterocycles. The van der Waals surface area contributed by atoms with Gasteiger partial charge in [0.1, 0.15) is 5.78 Å². The smallest absolute Gasteiger partial charge is 0.347 e. The second-order valence-electron chi connectivity index (χ2n) is 3.54. The van der Waals surface area contributed by atoms with Crippen LogP contribution >= 0.6 is 7.60 Å². The van der Waals surface area contributed by atoms with Crippen LogP contribution in [0.1, 0.15) is 12.5 Å². The van der Waals surface area contributed by atoms with Crippen molar-refractivity contribution in [3.8, 4) is 0 Å². The lowest BCUT2D eigenvalue weighted by Gasteiger charge is -2.18. The van der Waals surface area contributed by atoms with Gasteiger partial charge in [0.2, 0.25) is 0 Å². The van der Waals surface area contributed by atoms with Crippen LogP contribution in [0.25, 0.3) is 0 Å². The Bertz CT molecular complexity index is 418. The first-order valence-corrected chi connectivity index (χ1v) is 6.43. The van der Waals surface area contributed by atoms with E-state index in [4.69, 9.17) is 21.3 Å². The molecule has 0 aliphatic carbocycles. The molecule has 0 spiro atoms. The molecule has 1 rings (SSSR count). The van der Waals surface area contributed by atoms with E-state index in [2.05, 4.69) is 5.32 Å². The molecule has 1 atom stereocenters. The lowest BCUT2D eigenvalue weighted by atomic mass is 10.2. The summed E-state index contributed by atoms with van der Waals surface area (Å²) in [5, 5.41) is 2.67. The number of nitrogens with two attached hydrogens (primary N) is 2. The van der Waals surface area contributed by atoms with Gasteiger partial charge in [0.05, 0.1) is 11.4 Å². The van der Waals surface area contributed by atoms with Crippen LogP contribution in [0.5, 0.6) is 0 Å². The Kier molecular flexibility index (Phi) is 3.93. The molecular formula is C9H16N3O3P. The van der Waals surface area contributed by atoms with Crippen LogP contribution in [0, 0.1) is 0 Å². The van der Waals surface area contributed by atoms with Gasteiger partial charge in [-0.15, -0.1) is 0 Å². The first-order valence-electron chi connectivity index (χ1n) is 4.75. The lowest BCUT2D eigenvalue weighted by Crippen LogP contribution is -2.16. The summed E-state index contributed by atoms with van der Waals surface area (Å²) in [4.78, 5) is 17.9. The maximum atomic E-state index is 10.9. The summed E-state index contributed by atoms with van der Waals surface area (Å²) in [5.41, 5.74) is 12.9. The van der Waals surface area contributed by atoms with E-state index in [1.165, 1.54) is 6.92 Å². The molecule has 90 valence electrons. The quantitative estimate of drug-likeness (QED) is 0.392. The molecule has 0 aromatic heterocycles. The number of nitrogens with one attached hydrogen (secondary N) is 1. The van der Waals surface area contributed by atoms with Gasteiger partial charge in [0.15, 0.2) is 0 Å². The van der Waals surface area contributed by atoms with Gasteiger partial charge in [-0.2, -0.15) is 0 Å². The monoisotopic (exact) mass is 245 g/mol. The molecule has 0 aliphatic rings. The minimum atomic E-state index is -4.15. The highest BCUT2D eigenvalue weighted by molar-refractivity contribution is 7.52. The minimum Gasteiger partial charge on any atom is -0.397 e. The zero-order chi connectivity index (χ0) is 12.3. The number of benzene rings is 1. The largest absolute Gasteiger partial charge is 0.397 e. The van der Waals surface area contributed by atoms with E-state index in [0.717, 1.165) is 5.56 Å². The van der Waals surface area contributed by atoms with Crippen molar-refractivity contribution in [1.82, 2.24) is 0 Å². The van der Waals surface area contributed by atoms with Gasteiger partial charge in [-0.05, 0) is 24.6 Å². The summed E-state index contributed by atoms with van der Waals surface area (Å²) in [7, 11) is -4.15. The first-order chi connectivity index (χ1) is 7.34. The van der Waals surface area contributed by atoms with Gasteiger partial charge in [0, 0.05) is 6.54 Å². The van der Waals surface area contributed by atoms with Gasteiger partial charge < -0.3 is 26.6 Å². The third-order valence-corrected chi connectivity index (χ3v) is 3.36. The van der Waals surface area contributed by atoms with E-state index in [9.17, 15) is 4.57 Å². The van der Waals surface area contributed by atoms with Crippen molar-refractivity contribution < 1.29 is 14.4 Å². The van der Waals surface area contributed by atoms with Gasteiger partial charge in [-0.25, -0.2) is 0 Å². The highest BCUT2D eigenvalue weighted by atomic mass is 31.2. The van der Waals surface area contributed by atoms with Crippen molar-refractivity contribution in [1.29, 1.82) is 0 Å². The second kappa shape index (κ2) is 4.84. The Balaban J connectivity index is 2.86. The summed E-state index contributed by atoms with van der Waals surface area (Å²) < 4.78 is 10.9. The number of nitrogen functional groups attached to an aromatic ring is 1. The van der Waals surface area contributed by atoms with Crippen molar-refractivity contribution in [2.24, 2.45) is 5.73 Å². The van der Waals surface area contributed by atoms with Crippen molar-refractivity contribution in [3.05, 3.63) is 23.8 Å². The summed E-state index contributed by atoms with van der Waals surface area (Å²) in [6, 6.07) is 5.09. The van der Waals surface area contributed by atoms with E-state index in [-0.39, 0.29) is 0 Å². The van der Waals surface area contributed by atoms with Crippen molar-refractivity contribution in [3.63, 3.8) is 0 Å². The van der Waals surface area contributed by atoms with E-state index in [1.54, 1.807) is 18.2 Å². The molecule has 1 aromatic rings. The topological polar surface area (TPSA) is 122 Å². The Morgan fingerprint density at radius 2 is 2.12 bits per heavy atom. The molecule has 0 saturated carbocycles. The molecule has 0 fully saturated rings. The van der Waals surface area contributed by atoms with Crippen LogP contribution in [0.3, 0.4) is 0 Å². The normalized spacial score (nSPS) is 13.5. The van der Waals surface area contributed by atoms with E-state index >= 15 is 0 Å². The number of hydrogen-bond donors (Lipinski definition) is 5. The van der Waals surface area contributed by atoms with E-state index < -0.39 is 13.4 Å². The summed E-state index contributed by atoms with van der Waals surface area (Å²) in [6.07, 6.45) is 0. The molecule has 7 N–H and O–H groups in total. The molecular weight excluding hydrogens is 229 g/mol. The fraction of sp³-hybridized carbons (Fsp3) is 0.333. The third kappa shape index (κ3) is 3.21. The number of rotatable bonds is 4. The van der Waals surface area contributed by atoms with Crippen LogP contribution in [0.15, 0.2) is 18.2 Å². The SMILES string of the molecule is CC(Nc1ccc(CN)cc1N)P(=O)(O)O. The second-order valence-corrected chi connectivity index (χ2v) is 5.49. The van der Waals surface area contributed by atoms with Crippen LogP contribution in [-0.2, 0) is 11.1 Å². The first kappa shape index (κ1) is 13.0. The average Bonchev–Trinajstić information content (AvgIpc) is 2.19. The van der Waals surface area contributed by atoms with Gasteiger partial charge in [-0.3, -0.25) is 4.57 Å². The fourth-order valence-electron chi connectivity index (χ4n) is 1.18. The summed E-state index contributed by atoms with van der Waals surface area (Å²) in [6.45, 7) is 1.77. The summed E-state index contributed by atoms with van der Waals surface area (Å²) >= 11 is 0. The minimum absolute atomic E-state index is 0.374. The fourth-order valence-corrected chi connectivity index (χ4v) is 1.49. The third-order valence-electron chi connectivity index (χ3n) is 2.22. The van der Waals surface area contributed by atoms with E-state index in [1.807, 2.05) is 0 Å². The molecule has 0 saturated heterocycles. The maximum Gasteiger partial charge on any atom is 0.347 e. The molecule has 6 nitrogen and oxygen atoms in total. The molecule has 0 amide bonds. The Labute approximate surface area is 93.8 Å². The standard InChI is InChI=1S/C9H16N3O3P/c1-6(16(13,14)15)12-9-3-2-7(5-10)4-8(9)11/h2-4,6,12H,5,10-11H2,1H3,(H2,13,14,15). The molecule has 0 heterocycles. The predicted molar refractivity (Wildman–Crippen MR) is 63.9 cm³/mol. The molecule has 0 radical (unpaired) electrons.